The Kier molecular flexibility index (Phi) is 11.8. The normalized spacial score (nSPS) is 14.6. The van der Waals surface area contributed by atoms with Gasteiger partial charge in [0.25, 0.3) is 0 Å². The largest absolute Gasteiger partial charge is 0.357 e. The number of aliphatic imine (C=N–C) groups is 1. The first-order valence-electron chi connectivity index (χ1n) is 11.6. The number of hydrogen-bond donors (Lipinski definition) is 2. The van der Waals surface area contributed by atoms with E-state index in [2.05, 4.69) is 61.3 Å². The molecule has 0 radical (unpaired) electrons. The highest BCUT2D eigenvalue weighted by Crippen LogP contribution is 2.33. The van der Waals surface area contributed by atoms with Crippen LogP contribution >= 0.6 is 35.7 Å². The molecule has 1 aliphatic carbocycles. The zero-order chi connectivity index (χ0) is 22.1. The third-order valence-corrected chi connectivity index (χ3v) is 6.37. The zero-order valence-corrected chi connectivity index (χ0v) is 23.1. The summed E-state index contributed by atoms with van der Waals surface area (Å²) in [5, 5.41) is 21.3. The molecule has 3 rings (SSSR count). The van der Waals surface area contributed by atoms with Crippen molar-refractivity contribution >= 4 is 41.7 Å². The fraction of sp³-hybridized carbons (Fsp3) is 0.727. The van der Waals surface area contributed by atoms with Gasteiger partial charge in [-0.15, -0.1) is 34.2 Å². The SMILES string of the molecule is CCNC(=NCCCn1nc(C)cc1C)NCCCc1nnc(SC)n1C1CCCC1.I. The minimum absolute atomic E-state index is 0. The maximum atomic E-state index is 4.72. The van der Waals surface area contributed by atoms with Gasteiger partial charge >= 0.3 is 0 Å². The summed E-state index contributed by atoms with van der Waals surface area (Å²) in [4.78, 5) is 4.72. The maximum absolute atomic E-state index is 4.72. The lowest BCUT2D eigenvalue weighted by Gasteiger charge is -2.16. The second kappa shape index (κ2) is 14.1. The predicted octanol–water partition coefficient (Wildman–Crippen LogP) is 4.12. The second-order valence-electron chi connectivity index (χ2n) is 8.21. The molecule has 0 amide bonds. The Morgan fingerprint density at radius 2 is 1.97 bits per heavy atom. The fourth-order valence-corrected chi connectivity index (χ4v) is 4.83. The van der Waals surface area contributed by atoms with E-state index in [1.54, 1.807) is 11.8 Å². The van der Waals surface area contributed by atoms with E-state index >= 15 is 0 Å². The summed E-state index contributed by atoms with van der Waals surface area (Å²) < 4.78 is 4.46. The molecule has 0 aliphatic heterocycles. The Bertz CT molecular complexity index is 841. The van der Waals surface area contributed by atoms with Crippen molar-refractivity contribution in [1.29, 1.82) is 0 Å². The highest BCUT2D eigenvalue weighted by molar-refractivity contribution is 14.0. The number of thioether (sulfide) groups is 1. The van der Waals surface area contributed by atoms with Gasteiger partial charge in [-0.25, -0.2) is 0 Å². The number of aromatic nitrogens is 5. The van der Waals surface area contributed by atoms with E-state index in [0.717, 1.165) is 68.1 Å². The maximum Gasteiger partial charge on any atom is 0.191 e. The van der Waals surface area contributed by atoms with Crippen LogP contribution in [0.2, 0.25) is 0 Å². The fourth-order valence-electron chi connectivity index (χ4n) is 4.25. The van der Waals surface area contributed by atoms with Crippen molar-refractivity contribution in [2.75, 3.05) is 25.9 Å². The van der Waals surface area contributed by atoms with Gasteiger partial charge in [-0.2, -0.15) is 5.10 Å². The average molecular weight is 575 g/mol. The molecule has 2 aromatic rings. The summed E-state index contributed by atoms with van der Waals surface area (Å²) in [7, 11) is 0. The molecular formula is C22H39IN8S. The molecule has 0 atom stereocenters. The monoisotopic (exact) mass is 574 g/mol. The Labute approximate surface area is 213 Å². The Morgan fingerprint density at radius 1 is 1.19 bits per heavy atom. The van der Waals surface area contributed by atoms with Gasteiger partial charge in [0.2, 0.25) is 0 Å². The number of halogens is 1. The van der Waals surface area contributed by atoms with Crippen molar-refractivity contribution in [3.8, 4) is 0 Å². The van der Waals surface area contributed by atoms with Crippen LogP contribution < -0.4 is 10.6 Å². The van der Waals surface area contributed by atoms with Crippen molar-refractivity contribution < 1.29 is 0 Å². The molecule has 2 N–H and O–H groups in total. The molecule has 1 fully saturated rings. The van der Waals surface area contributed by atoms with Crippen LogP contribution in [0.1, 0.15) is 68.7 Å². The number of nitrogens with one attached hydrogen (secondary N) is 2. The standard InChI is InChI=1S/C22H38N8S.HI/c1-5-23-21(25-14-9-15-29-18(3)16-17(2)28-29)24-13-8-12-20-26-27-22(31-4)30(20)19-10-6-7-11-19;/h16,19H,5-15H2,1-4H3,(H2,23,24,25);1H. The summed E-state index contributed by atoms with van der Waals surface area (Å²) in [5.41, 5.74) is 2.28. The van der Waals surface area contributed by atoms with Gasteiger partial charge in [-0.05, 0) is 58.8 Å². The van der Waals surface area contributed by atoms with Crippen LogP contribution in [-0.2, 0) is 13.0 Å². The molecular weight excluding hydrogens is 535 g/mol. The van der Waals surface area contributed by atoms with Crippen LogP contribution in [0, 0.1) is 13.8 Å². The summed E-state index contributed by atoms with van der Waals surface area (Å²) in [6.07, 6.45) is 10.2. The molecule has 0 aromatic carbocycles. The highest BCUT2D eigenvalue weighted by Gasteiger charge is 2.23. The predicted molar refractivity (Wildman–Crippen MR) is 143 cm³/mol. The minimum Gasteiger partial charge on any atom is -0.357 e. The topological polar surface area (TPSA) is 84.9 Å². The van der Waals surface area contributed by atoms with Gasteiger partial charge in [0, 0.05) is 44.3 Å². The first-order chi connectivity index (χ1) is 15.1. The van der Waals surface area contributed by atoms with Crippen LogP contribution in [0.15, 0.2) is 16.2 Å². The molecule has 0 bridgehead atoms. The third-order valence-electron chi connectivity index (χ3n) is 5.72. The summed E-state index contributed by atoms with van der Waals surface area (Å²) in [5.74, 6) is 2.02. The molecule has 180 valence electrons. The number of guanidine groups is 1. The first-order valence-corrected chi connectivity index (χ1v) is 12.9. The van der Waals surface area contributed by atoms with Gasteiger partial charge in [-0.1, -0.05) is 24.6 Å². The van der Waals surface area contributed by atoms with Crippen molar-refractivity contribution in [2.45, 2.75) is 83.5 Å². The summed E-state index contributed by atoms with van der Waals surface area (Å²) in [6.45, 7) is 9.64. The number of hydrogen-bond acceptors (Lipinski definition) is 5. The highest BCUT2D eigenvalue weighted by atomic mass is 127. The molecule has 8 nitrogen and oxygen atoms in total. The second-order valence-corrected chi connectivity index (χ2v) is 8.98. The molecule has 32 heavy (non-hydrogen) atoms. The van der Waals surface area contributed by atoms with Crippen molar-refractivity contribution in [2.24, 2.45) is 4.99 Å². The zero-order valence-electron chi connectivity index (χ0n) is 19.9. The van der Waals surface area contributed by atoms with Gasteiger partial charge in [0.1, 0.15) is 5.82 Å². The van der Waals surface area contributed by atoms with Crippen molar-refractivity contribution in [3.63, 3.8) is 0 Å². The smallest absolute Gasteiger partial charge is 0.191 e. The van der Waals surface area contributed by atoms with E-state index in [-0.39, 0.29) is 24.0 Å². The van der Waals surface area contributed by atoms with Gasteiger partial charge < -0.3 is 15.2 Å². The lowest BCUT2D eigenvalue weighted by Crippen LogP contribution is -2.38. The van der Waals surface area contributed by atoms with Gasteiger partial charge in [-0.3, -0.25) is 9.67 Å². The van der Waals surface area contributed by atoms with Crippen LogP contribution in [-0.4, -0.2) is 56.4 Å². The number of nitrogens with zero attached hydrogens (tertiary/aromatic N) is 6. The van der Waals surface area contributed by atoms with E-state index in [4.69, 9.17) is 4.99 Å². The molecule has 2 aromatic heterocycles. The van der Waals surface area contributed by atoms with E-state index in [1.807, 2.05) is 6.92 Å². The average Bonchev–Trinajstić information content (AvgIpc) is 3.48. The number of aryl methyl sites for hydroxylation is 4. The molecule has 0 unspecified atom stereocenters. The molecule has 1 saturated carbocycles. The summed E-state index contributed by atoms with van der Waals surface area (Å²) in [6, 6.07) is 2.70. The molecule has 2 heterocycles. The van der Waals surface area contributed by atoms with Crippen molar-refractivity contribution in [1.82, 2.24) is 35.2 Å². The Balaban J connectivity index is 0.00000363. The molecule has 0 saturated heterocycles. The summed E-state index contributed by atoms with van der Waals surface area (Å²) >= 11 is 1.70. The van der Waals surface area contributed by atoms with Crippen LogP contribution in [0.4, 0.5) is 0 Å². The van der Waals surface area contributed by atoms with E-state index < -0.39 is 0 Å². The number of rotatable bonds is 11. The molecule has 0 spiro atoms. The lowest BCUT2D eigenvalue weighted by atomic mass is 10.2. The van der Waals surface area contributed by atoms with E-state index in [9.17, 15) is 0 Å². The minimum atomic E-state index is 0. The quantitative estimate of drug-likeness (QED) is 0.138. The van der Waals surface area contributed by atoms with Crippen LogP contribution in [0.3, 0.4) is 0 Å². The van der Waals surface area contributed by atoms with Crippen LogP contribution in [0.5, 0.6) is 0 Å². The molecule has 10 heteroatoms. The Morgan fingerprint density at radius 3 is 2.62 bits per heavy atom. The van der Waals surface area contributed by atoms with Crippen LogP contribution in [0.25, 0.3) is 0 Å². The molecule has 1 aliphatic rings. The Hall–Kier alpha value is -1.30. The first kappa shape index (κ1) is 26.9. The third kappa shape index (κ3) is 7.64. The van der Waals surface area contributed by atoms with Gasteiger partial charge in [0.15, 0.2) is 11.1 Å². The van der Waals surface area contributed by atoms with E-state index in [1.165, 1.54) is 31.4 Å². The lowest BCUT2D eigenvalue weighted by molar-refractivity contribution is 0.460. The van der Waals surface area contributed by atoms with Crippen molar-refractivity contribution in [3.05, 3.63) is 23.3 Å². The van der Waals surface area contributed by atoms with Gasteiger partial charge in [0.05, 0.1) is 5.69 Å². The van der Waals surface area contributed by atoms with E-state index in [0.29, 0.717) is 6.04 Å².